The van der Waals surface area contributed by atoms with Crippen molar-refractivity contribution < 1.29 is 17.6 Å². The first-order valence-electron chi connectivity index (χ1n) is 8.21. The number of nitrogens with one attached hydrogen (secondary N) is 2. The summed E-state index contributed by atoms with van der Waals surface area (Å²) < 4.78 is 40.9. The van der Waals surface area contributed by atoms with Gasteiger partial charge in [-0.1, -0.05) is 12.1 Å². The molecule has 2 rings (SSSR count). The third-order valence-corrected chi connectivity index (χ3v) is 5.28. The van der Waals surface area contributed by atoms with Gasteiger partial charge in [0.2, 0.25) is 0 Å². The molecule has 0 saturated carbocycles. The van der Waals surface area contributed by atoms with Crippen molar-refractivity contribution in [2.75, 3.05) is 17.8 Å². The number of halogens is 2. The molecule has 0 bridgehead atoms. The van der Waals surface area contributed by atoms with Crippen LogP contribution in [-0.2, 0) is 10.0 Å². The van der Waals surface area contributed by atoms with Gasteiger partial charge in [-0.2, -0.15) is 0 Å². The summed E-state index contributed by atoms with van der Waals surface area (Å²) in [5.41, 5.74) is 6.06. The molecule has 2 aromatic carbocycles. The van der Waals surface area contributed by atoms with Gasteiger partial charge in [0, 0.05) is 6.54 Å². The van der Waals surface area contributed by atoms with E-state index in [1.165, 1.54) is 25.1 Å². The van der Waals surface area contributed by atoms with Gasteiger partial charge in [-0.15, -0.1) is 12.4 Å². The Labute approximate surface area is 164 Å². The zero-order valence-corrected chi connectivity index (χ0v) is 16.5. The van der Waals surface area contributed by atoms with E-state index in [9.17, 15) is 17.6 Å². The molecule has 0 atom stereocenters. The first kappa shape index (κ1) is 22.9. The number of hydrogen-bond donors (Lipinski definition) is 3. The number of amides is 1. The van der Waals surface area contributed by atoms with E-state index in [-0.39, 0.29) is 40.0 Å². The predicted molar refractivity (Wildman–Crippen MR) is 106 cm³/mol. The number of rotatable bonds is 8. The lowest BCUT2D eigenvalue weighted by Crippen LogP contribution is -2.26. The fraction of sp³-hybridized carbons (Fsp3) is 0.278. The summed E-state index contributed by atoms with van der Waals surface area (Å²) in [5, 5.41) is 2.74. The topological polar surface area (TPSA) is 101 Å². The second-order valence-corrected chi connectivity index (χ2v) is 7.46. The number of para-hydroxylation sites is 1. The van der Waals surface area contributed by atoms with Crippen LogP contribution in [0.3, 0.4) is 0 Å². The SMILES string of the molecule is Cc1cc(F)ccc1S(=O)(=O)Nc1ccccc1C(=O)NCCCCN.Cl. The summed E-state index contributed by atoms with van der Waals surface area (Å²) in [6.07, 6.45) is 1.53. The molecule has 9 heteroatoms. The van der Waals surface area contributed by atoms with Crippen molar-refractivity contribution >= 4 is 34.0 Å². The molecule has 0 aliphatic carbocycles. The van der Waals surface area contributed by atoms with Gasteiger partial charge in [-0.05, 0) is 62.2 Å². The lowest BCUT2D eigenvalue weighted by molar-refractivity contribution is 0.0954. The minimum Gasteiger partial charge on any atom is -0.352 e. The van der Waals surface area contributed by atoms with Crippen LogP contribution in [0.15, 0.2) is 47.4 Å². The van der Waals surface area contributed by atoms with Crippen molar-refractivity contribution in [2.24, 2.45) is 5.73 Å². The normalized spacial score (nSPS) is 10.8. The Morgan fingerprint density at radius 3 is 2.52 bits per heavy atom. The zero-order chi connectivity index (χ0) is 19.2. The van der Waals surface area contributed by atoms with Crippen LogP contribution in [0.1, 0.15) is 28.8 Å². The van der Waals surface area contributed by atoms with Crippen molar-refractivity contribution in [3.05, 3.63) is 59.4 Å². The minimum atomic E-state index is -3.96. The van der Waals surface area contributed by atoms with Crippen molar-refractivity contribution in [1.82, 2.24) is 5.32 Å². The predicted octanol–water partition coefficient (Wildman–Crippen LogP) is 2.83. The molecule has 2 aromatic rings. The summed E-state index contributed by atoms with van der Waals surface area (Å²) in [6.45, 7) is 2.51. The molecule has 0 saturated heterocycles. The third kappa shape index (κ3) is 6.20. The molecule has 6 nitrogen and oxygen atoms in total. The Kier molecular flexibility index (Phi) is 8.68. The number of carbonyl (C=O) groups is 1. The molecule has 0 aliphatic heterocycles. The van der Waals surface area contributed by atoms with Crippen LogP contribution >= 0.6 is 12.4 Å². The Hall–Kier alpha value is -2.16. The standard InChI is InChI=1S/C18H22FN3O3S.ClH/c1-13-12-14(19)8-9-17(13)26(24,25)22-16-7-3-2-6-15(16)18(23)21-11-5-4-10-20;/h2-3,6-9,12,22H,4-5,10-11,20H2,1H3,(H,21,23);1H. The van der Waals surface area contributed by atoms with Crippen LogP contribution in [0.25, 0.3) is 0 Å². The van der Waals surface area contributed by atoms with Crippen molar-refractivity contribution in [3.8, 4) is 0 Å². The molecule has 27 heavy (non-hydrogen) atoms. The van der Waals surface area contributed by atoms with E-state index >= 15 is 0 Å². The van der Waals surface area contributed by atoms with Crippen LogP contribution in [0.5, 0.6) is 0 Å². The van der Waals surface area contributed by atoms with Crippen molar-refractivity contribution in [3.63, 3.8) is 0 Å². The Bertz CT molecular complexity index is 891. The van der Waals surface area contributed by atoms with Crippen LogP contribution in [0.4, 0.5) is 10.1 Å². The maximum atomic E-state index is 13.2. The molecule has 0 aliphatic rings. The Morgan fingerprint density at radius 2 is 1.85 bits per heavy atom. The number of hydrogen-bond acceptors (Lipinski definition) is 4. The third-order valence-electron chi connectivity index (χ3n) is 3.76. The highest BCUT2D eigenvalue weighted by Crippen LogP contribution is 2.22. The molecule has 148 valence electrons. The zero-order valence-electron chi connectivity index (χ0n) is 14.9. The van der Waals surface area contributed by atoms with E-state index in [2.05, 4.69) is 10.0 Å². The molecule has 0 spiro atoms. The van der Waals surface area contributed by atoms with Gasteiger partial charge in [0.25, 0.3) is 15.9 Å². The first-order valence-corrected chi connectivity index (χ1v) is 9.70. The van der Waals surface area contributed by atoms with Crippen LogP contribution in [-0.4, -0.2) is 27.4 Å². The molecule has 0 fully saturated rings. The fourth-order valence-corrected chi connectivity index (χ4v) is 3.76. The second-order valence-electron chi connectivity index (χ2n) is 5.81. The number of carbonyl (C=O) groups excluding carboxylic acids is 1. The number of benzene rings is 2. The second kappa shape index (κ2) is 10.2. The highest BCUT2D eigenvalue weighted by Gasteiger charge is 2.20. The van der Waals surface area contributed by atoms with E-state index in [0.717, 1.165) is 25.0 Å². The number of unbranched alkanes of at least 4 members (excludes halogenated alkanes) is 1. The van der Waals surface area contributed by atoms with Gasteiger partial charge >= 0.3 is 0 Å². The highest BCUT2D eigenvalue weighted by atomic mass is 35.5. The molecule has 4 N–H and O–H groups in total. The lowest BCUT2D eigenvalue weighted by Gasteiger charge is -2.14. The van der Waals surface area contributed by atoms with E-state index in [1.807, 2.05) is 0 Å². The van der Waals surface area contributed by atoms with Crippen LogP contribution < -0.4 is 15.8 Å². The fourth-order valence-electron chi connectivity index (χ4n) is 2.45. The Balaban J connectivity index is 0.00000364. The van der Waals surface area contributed by atoms with E-state index in [4.69, 9.17) is 5.73 Å². The average Bonchev–Trinajstić information content (AvgIpc) is 2.58. The number of sulfonamides is 1. The number of nitrogens with two attached hydrogens (primary N) is 1. The van der Waals surface area contributed by atoms with E-state index in [0.29, 0.717) is 13.1 Å². The minimum absolute atomic E-state index is 0. The maximum absolute atomic E-state index is 13.2. The van der Waals surface area contributed by atoms with Gasteiger partial charge in [-0.3, -0.25) is 9.52 Å². The molecule has 0 heterocycles. The summed E-state index contributed by atoms with van der Waals surface area (Å²) in [4.78, 5) is 12.3. The average molecular weight is 416 g/mol. The molecular weight excluding hydrogens is 393 g/mol. The van der Waals surface area contributed by atoms with E-state index < -0.39 is 15.8 Å². The summed E-state index contributed by atoms with van der Waals surface area (Å²) in [6, 6.07) is 9.74. The highest BCUT2D eigenvalue weighted by molar-refractivity contribution is 7.92. The molecule has 0 aromatic heterocycles. The molecular formula is C18H23ClFN3O3S. The molecule has 0 radical (unpaired) electrons. The number of anilines is 1. The van der Waals surface area contributed by atoms with Crippen molar-refractivity contribution in [1.29, 1.82) is 0 Å². The lowest BCUT2D eigenvalue weighted by atomic mass is 10.1. The molecule has 1 amide bonds. The first-order chi connectivity index (χ1) is 12.3. The summed E-state index contributed by atoms with van der Waals surface area (Å²) >= 11 is 0. The smallest absolute Gasteiger partial charge is 0.262 e. The quantitative estimate of drug-likeness (QED) is 0.577. The van der Waals surface area contributed by atoms with Gasteiger partial charge < -0.3 is 11.1 Å². The van der Waals surface area contributed by atoms with Gasteiger partial charge in [-0.25, -0.2) is 12.8 Å². The van der Waals surface area contributed by atoms with Crippen LogP contribution in [0, 0.1) is 12.7 Å². The van der Waals surface area contributed by atoms with Crippen molar-refractivity contribution in [2.45, 2.75) is 24.7 Å². The van der Waals surface area contributed by atoms with Gasteiger partial charge in [0.1, 0.15) is 5.82 Å². The molecule has 0 unspecified atom stereocenters. The summed E-state index contributed by atoms with van der Waals surface area (Å²) in [5.74, 6) is -0.894. The summed E-state index contributed by atoms with van der Waals surface area (Å²) in [7, 11) is -3.96. The van der Waals surface area contributed by atoms with Crippen LogP contribution in [0.2, 0.25) is 0 Å². The monoisotopic (exact) mass is 415 g/mol. The van der Waals surface area contributed by atoms with Gasteiger partial charge in [0.05, 0.1) is 16.1 Å². The Morgan fingerprint density at radius 1 is 1.15 bits per heavy atom. The largest absolute Gasteiger partial charge is 0.352 e. The number of aryl methyl sites for hydroxylation is 1. The van der Waals surface area contributed by atoms with E-state index in [1.54, 1.807) is 12.1 Å². The maximum Gasteiger partial charge on any atom is 0.262 e. The van der Waals surface area contributed by atoms with Gasteiger partial charge in [0.15, 0.2) is 0 Å².